The number of aryl methyl sites for hydroxylation is 1. The molecular formula is C10H11ClO2. The lowest BCUT2D eigenvalue weighted by Crippen LogP contribution is -1.86. The molecule has 0 aliphatic rings. The molecule has 0 saturated heterocycles. The van der Waals surface area contributed by atoms with Crippen LogP contribution in [0.5, 0.6) is 5.75 Å². The van der Waals surface area contributed by atoms with E-state index in [-0.39, 0.29) is 5.75 Å². The van der Waals surface area contributed by atoms with E-state index in [1.165, 1.54) is 6.07 Å². The zero-order chi connectivity index (χ0) is 9.68. The average Bonchev–Trinajstić information content (AvgIpc) is 2.09. The second-order valence-electron chi connectivity index (χ2n) is 2.83. The Morgan fingerprint density at radius 1 is 1.46 bits per heavy atom. The molecule has 1 aromatic rings. The number of aldehydes is 1. The van der Waals surface area contributed by atoms with E-state index >= 15 is 0 Å². The van der Waals surface area contributed by atoms with Gasteiger partial charge >= 0.3 is 0 Å². The van der Waals surface area contributed by atoms with Crippen LogP contribution in [0.2, 0.25) is 5.02 Å². The van der Waals surface area contributed by atoms with Gasteiger partial charge in [-0.25, -0.2) is 0 Å². The highest BCUT2D eigenvalue weighted by molar-refractivity contribution is 6.30. The zero-order valence-electron chi connectivity index (χ0n) is 7.16. The van der Waals surface area contributed by atoms with Crippen LogP contribution in [0.1, 0.15) is 18.4 Å². The van der Waals surface area contributed by atoms with Crippen LogP contribution in [-0.2, 0) is 11.2 Å². The topological polar surface area (TPSA) is 37.3 Å². The van der Waals surface area contributed by atoms with Crippen molar-refractivity contribution in [1.82, 2.24) is 0 Å². The van der Waals surface area contributed by atoms with Crippen molar-refractivity contribution in [3.63, 3.8) is 0 Å². The Labute approximate surface area is 82.2 Å². The zero-order valence-corrected chi connectivity index (χ0v) is 7.92. The molecule has 0 saturated carbocycles. The predicted molar refractivity (Wildman–Crippen MR) is 52.1 cm³/mol. The number of unbranched alkanes of at least 4 members (excludes halogenated alkanes) is 1. The van der Waals surface area contributed by atoms with E-state index in [9.17, 15) is 9.90 Å². The third-order valence-electron chi connectivity index (χ3n) is 1.82. The molecule has 0 heterocycles. The Hall–Kier alpha value is -1.02. The molecule has 0 bridgehead atoms. The average molecular weight is 199 g/mol. The summed E-state index contributed by atoms with van der Waals surface area (Å²) in [5.41, 5.74) is 0.839. The van der Waals surface area contributed by atoms with Gasteiger partial charge in [-0.3, -0.25) is 0 Å². The van der Waals surface area contributed by atoms with Gasteiger partial charge in [0.1, 0.15) is 12.0 Å². The maximum absolute atomic E-state index is 10.1. The summed E-state index contributed by atoms with van der Waals surface area (Å²) in [6.45, 7) is 0. The third kappa shape index (κ3) is 3.07. The van der Waals surface area contributed by atoms with E-state index in [4.69, 9.17) is 11.6 Å². The monoisotopic (exact) mass is 198 g/mol. The highest BCUT2D eigenvalue weighted by atomic mass is 35.5. The van der Waals surface area contributed by atoms with Crippen LogP contribution in [0.4, 0.5) is 0 Å². The van der Waals surface area contributed by atoms with Gasteiger partial charge < -0.3 is 9.90 Å². The van der Waals surface area contributed by atoms with Gasteiger partial charge in [-0.15, -0.1) is 0 Å². The van der Waals surface area contributed by atoms with E-state index in [2.05, 4.69) is 0 Å². The Kier molecular flexibility index (Phi) is 3.77. The Balaban J connectivity index is 2.61. The fourth-order valence-corrected chi connectivity index (χ4v) is 1.29. The summed E-state index contributed by atoms with van der Waals surface area (Å²) in [7, 11) is 0. The van der Waals surface area contributed by atoms with Crippen LogP contribution in [0.25, 0.3) is 0 Å². The first-order valence-electron chi connectivity index (χ1n) is 4.15. The summed E-state index contributed by atoms with van der Waals surface area (Å²) < 4.78 is 0. The van der Waals surface area contributed by atoms with Gasteiger partial charge in [0.2, 0.25) is 0 Å². The lowest BCUT2D eigenvalue weighted by atomic mass is 10.1. The molecule has 0 aliphatic heterocycles. The van der Waals surface area contributed by atoms with Crippen molar-refractivity contribution in [3.05, 3.63) is 28.8 Å². The molecule has 0 atom stereocenters. The molecule has 3 heteroatoms. The second kappa shape index (κ2) is 4.87. The minimum atomic E-state index is 0.207. The van der Waals surface area contributed by atoms with Crippen molar-refractivity contribution >= 4 is 17.9 Å². The van der Waals surface area contributed by atoms with Gasteiger partial charge in [-0.05, 0) is 30.5 Å². The molecule has 1 N–H and O–H groups in total. The van der Waals surface area contributed by atoms with E-state index in [1.54, 1.807) is 12.1 Å². The van der Waals surface area contributed by atoms with Crippen LogP contribution in [0.15, 0.2) is 18.2 Å². The molecule has 0 unspecified atom stereocenters. The Morgan fingerprint density at radius 3 is 2.85 bits per heavy atom. The summed E-state index contributed by atoms with van der Waals surface area (Å²) in [5, 5.41) is 9.94. The number of phenolic OH excluding ortho intramolecular Hbond substituents is 1. The number of halogens is 1. The number of carbonyl (C=O) groups excluding carboxylic acids is 1. The lowest BCUT2D eigenvalue weighted by Gasteiger charge is -2.02. The fourth-order valence-electron chi connectivity index (χ4n) is 1.12. The SMILES string of the molecule is O=CCCCc1ccc(Cl)cc1O. The van der Waals surface area contributed by atoms with Crippen molar-refractivity contribution in [2.45, 2.75) is 19.3 Å². The van der Waals surface area contributed by atoms with Crippen molar-refractivity contribution in [3.8, 4) is 5.75 Å². The van der Waals surface area contributed by atoms with E-state index < -0.39 is 0 Å². The highest BCUT2D eigenvalue weighted by Gasteiger charge is 2.00. The number of benzene rings is 1. The molecule has 70 valence electrons. The molecule has 0 spiro atoms. The first-order chi connectivity index (χ1) is 6.24. The lowest BCUT2D eigenvalue weighted by molar-refractivity contribution is -0.107. The molecule has 1 aromatic carbocycles. The number of phenols is 1. The van der Waals surface area contributed by atoms with Gasteiger partial charge in [0.05, 0.1) is 0 Å². The van der Waals surface area contributed by atoms with Crippen LogP contribution >= 0.6 is 11.6 Å². The van der Waals surface area contributed by atoms with Gasteiger partial charge in [-0.1, -0.05) is 17.7 Å². The van der Waals surface area contributed by atoms with Crippen molar-refractivity contribution in [2.75, 3.05) is 0 Å². The van der Waals surface area contributed by atoms with E-state index in [0.717, 1.165) is 18.3 Å². The minimum absolute atomic E-state index is 0.207. The second-order valence-corrected chi connectivity index (χ2v) is 3.27. The summed E-state index contributed by atoms with van der Waals surface area (Å²) in [4.78, 5) is 10.1. The van der Waals surface area contributed by atoms with Crippen molar-refractivity contribution in [1.29, 1.82) is 0 Å². The molecule has 0 aliphatic carbocycles. The number of aromatic hydroxyl groups is 1. The quantitative estimate of drug-likeness (QED) is 0.597. The smallest absolute Gasteiger partial charge is 0.120 e. The molecule has 1 rings (SSSR count). The number of hydrogen-bond acceptors (Lipinski definition) is 2. The molecule has 0 fully saturated rings. The maximum atomic E-state index is 10.1. The van der Waals surface area contributed by atoms with Crippen LogP contribution < -0.4 is 0 Å². The minimum Gasteiger partial charge on any atom is -0.508 e. The van der Waals surface area contributed by atoms with E-state index in [0.29, 0.717) is 17.9 Å². The van der Waals surface area contributed by atoms with Crippen LogP contribution in [0, 0.1) is 0 Å². The summed E-state index contributed by atoms with van der Waals surface area (Å²) in [6.07, 6.45) is 2.88. The third-order valence-corrected chi connectivity index (χ3v) is 2.05. The highest BCUT2D eigenvalue weighted by Crippen LogP contribution is 2.23. The normalized spacial score (nSPS) is 9.92. The van der Waals surface area contributed by atoms with Gasteiger partial charge in [0.25, 0.3) is 0 Å². The number of rotatable bonds is 4. The van der Waals surface area contributed by atoms with Gasteiger partial charge in [-0.2, -0.15) is 0 Å². The number of carbonyl (C=O) groups is 1. The largest absolute Gasteiger partial charge is 0.508 e. The summed E-state index contributed by atoms with van der Waals surface area (Å²) in [6, 6.07) is 5.03. The molecule has 0 aromatic heterocycles. The molecule has 0 radical (unpaired) electrons. The molecule has 0 amide bonds. The van der Waals surface area contributed by atoms with Crippen LogP contribution in [0.3, 0.4) is 0 Å². The first-order valence-corrected chi connectivity index (χ1v) is 4.53. The summed E-state index contributed by atoms with van der Waals surface area (Å²) in [5.74, 6) is 0.207. The maximum Gasteiger partial charge on any atom is 0.120 e. The fraction of sp³-hybridized carbons (Fsp3) is 0.300. The van der Waals surface area contributed by atoms with Crippen molar-refractivity contribution < 1.29 is 9.90 Å². The molecule has 2 nitrogen and oxygen atoms in total. The Bertz CT molecular complexity index is 297. The summed E-state index contributed by atoms with van der Waals surface area (Å²) >= 11 is 5.66. The van der Waals surface area contributed by atoms with Gasteiger partial charge in [0.15, 0.2) is 0 Å². The van der Waals surface area contributed by atoms with E-state index in [1.807, 2.05) is 0 Å². The van der Waals surface area contributed by atoms with Crippen molar-refractivity contribution in [2.24, 2.45) is 0 Å². The molecule has 13 heavy (non-hydrogen) atoms. The van der Waals surface area contributed by atoms with Gasteiger partial charge in [0, 0.05) is 11.4 Å². The molecular weight excluding hydrogens is 188 g/mol. The standard InChI is InChI=1S/C10H11ClO2/c11-9-5-4-8(10(13)7-9)3-1-2-6-12/h4-7,13H,1-3H2. The number of hydrogen-bond donors (Lipinski definition) is 1. The Morgan fingerprint density at radius 2 is 2.23 bits per heavy atom. The first kappa shape index (κ1) is 10.1. The van der Waals surface area contributed by atoms with Crippen LogP contribution in [-0.4, -0.2) is 11.4 Å². The predicted octanol–water partition coefficient (Wildman–Crippen LogP) is 2.57.